The zero-order chi connectivity index (χ0) is 18.2. The van der Waals surface area contributed by atoms with Crippen molar-refractivity contribution in [2.45, 2.75) is 13.3 Å². The van der Waals surface area contributed by atoms with Gasteiger partial charge in [0.1, 0.15) is 5.82 Å². The van der Waals surface area contributed by atoms with Crippen molar-refractivity contribution in [2.75, 3.05) is 18.4 Å². The summed E-state index contributed by atoms with van der Waals surface area (Å²) in [7, 11) is 0. The molecule has 2 N–H and O–H groups in total. The maximum atomic E-state index is 12.1. The van der Waals surface area contributed by atoms with Crippen molar-refractivity contribution in [3.05, 3.63) is 66.4 Å². The normalized spacial score (nSPS) is 10.3. The van der Waals surface area contributed by atoms with Crippen molar-refractivity contribution < 1.29 is 4.79 Å². The number of rotatable bonds is 7. The minimum Gasteiger partial charge on any atom is -0.370 e. The Balaban J connectivity index is 1.42. The molecule has 26 heavy (non-hydrogen) atoms. The molecule has 0 aliphatic rings. The van der Waals surface area contributed by atoms with Gasteiger partial charge in [0.05, 0.1) is 5.56 Å². The average molecular weight is 348 g/mol. The van der Waals surface area contributed by atoms with E-state index in [-0.39, 0.29) is 5.91 Å². The van der Waals surface area contributed by atoms with Gasteiger partial charge in [-0.15, -0.1) is 0 Å². The summed E-state index contributed by atoms with van der Waals surface area (Å²) in [4.78, 5) is 28.9. The summed E-state index contributed by atoms with van der Waals surface area (Å²) in [6, 6.07) is 7.64. The summed E-state index contributed by atoms with van der Waals surface area (Å²) < 4.78 is 0. The summed E-state index contributed by atoms with van der Waals surface area (Å²) >= 11 is 0. The fourth-order valence-electron chi connectivity index (χ4n) is 2.27. The molecule has 0 atom stereocenters. The Morgan fingerprint density at radius 1 is 1.00 bits per heavy atom. The number of hydrogen-bond acceptors (Lipinski definition) is 6. The topological polar surface area (TPSA) is 92.7 Å². The first-order valence-electron chi connectivity index (χ1n) is 8.39. The fourth-order valence-corrected chi connectivity index (χ4v) is 2.27. The van der Waals surface area contributed by atoms with Crippen LogP contribution in [0.4, 0.5) is 5.82 Å². The fraction of sp³-hybridized carbons (Fsp3) is 0.211. The van der Waals surface area contributed by atoms with Gasteiger partial charge in [0.25, 0.3) is 5.91 Å². The van der Waals surface area contributed by atoms with E-state index < -0.39 is 0 Å². The van der Waals surface area contributed by atoms with E-state index in [1.54, 1.807) is 12.4 Å². The number of pyridine rings is 2. The van der Waals surface area contributed by atoms with Crippen molar-refractivity contribution in [2.24, 2.45) is 0 Å². The number of hydrogen-bond donors (Lipinski definition) is 2. The van der Waals surface area contributed by atoms with E-state index >= 15 is 0 Å². The molecular weight excluding hydrogens is 328 g/mol. The molecule has 3 rings (SSSR count). The summed E-state index contributed by atoms with van der Waals surface area (Å²) in [5.74, 6) is 1.20. The summed E-state index contributed by atoms with van der Waals surface area (Å²) in [5.41, 5.74) is 2.38. The second-order valence-electron chi connectivity index (χ2n) is 5.79. The van der Waals surface area contributed by atoms with Crippen LogP contribution in [0.25, 0.3) is 11.4 Å². The zero-order valence-corrected chi connectivity index (χ0v) is 14.5. The van der Waals surface area contributed by atoms with Crippen LogP contribution in [0.15, 0.2) is 55.2 Å². The van der Waals surface area contributed by atoms with Crippen molar-refractivity contribution >= 4 is 11.7 Å². The monoisotopic (exact) mass is 348 g/mol. The number of carbonyl (C=O) groups is 1. The number of carbonyl (C=O) groups excluding carboxylic acids is 1. The van der Waals surface area contributed by atoms with E-state index in [0.717, 1.165) is 29.9 Å². The second-order valence-corrected chi connectivity index (χ2v) is 5.79. The van der Waals surface area contributed by atoms with Gasteiger partial charge in [-0.1, -0.05) is 6.07 Å². The van der Waals surface area contributed by atoms with Gasteiger partial charge in [-0.05, 0) is 37.1 Å². The Labute approximate surface area is 152 Å². The van der Waals surface area contributed by atoms with Gasteiger partial charge in [0, 0.05) is 49.6 Å². The van der Waals surface area contributed by atoms with Crippen LogP contribution in [0.5, 0.6) is 0 Å². The third kappa shape index (κ3) is 4.83. The van der Waals surface area contributed by atoms with Gasteiger partial charge in [0.15, 0.2) is 5.82 Å². The van der Waals surface area contributed by atoms with E-state index in [0.29, 0.717) is 17.9 Å². The molecule has 0 bridgehead atoms. The molecule has 0 aromatic carbocycles. The van der Waals surface area contributed by atoms with Crippen LogP contribution in [-0.2, 0) is 0 Å². The molecule has 1 amide bonds. The van der Waals surface area contributed by atoms with Gasteiger partial charge >= 0.3 is 0 Å². The van der Waals surface area contributed by atoms with E-state index in [1.165, 1.54) is 12.4 Å². The summed E-state index contributed by atoms with van der Waals surface area (Å²) in [6.07, 6.45) is 9.04. The van der Waals surface area contributed by atoms with Gasteiger partial charge in [-0.2, -0.15) is 0 Å². The number of nitrogens with zero attached hydrogens (tertiary/aromatic N) is 4. The maximum Gasteiger partial charge on any atom is 0.254 e. The third-order valence-electron chi connectivity index (χ3n) is 3.69. The molecule has 132 valence electrons. The second kappa shape index (κ2) is 8.66. The first-order chi connectivity index (χ1) is 12.7. The molecule has 0 radical (unpaired) electrons. The lowest BCUT2D eigenvalue weighted by Crippen LogP contribution is -2.26. The third-order valence-corrected chi connectivity index (χ3v) is 3.69. The maximum absolute atomic E-state index is 12.1. The van der Waals surface area contributed by atoms with E-state index in [2.05, 4.69) is 30.6 Å². The van der Waals surface area contributed by atoms with E-state index in [1.807, 2.05) is 37.4 Å². The summed E-state index contributed by atoms with van der Waals surface area (Å²) in [6.45, 7) is 3.29. The molecule has 0 fully saturated rings. The lowest BCUT2D eigenvalue weighted by atomic mass is 10.2. The molecule has 3 aromatic heterocycles. The minimum absolute atomic E-state index is 0.184. The van der Waals surface area contributed by atoms with Gasteiger partial charge in [-0.25, -0.2) is 15.0 Å². The van der Waals surface area contributed by atoms with E-state index in [4.69, 9.17) is 0 Å². The number of nitrogens with one attached hydrogen (secondary N) is 2. The molecule has 0 aliphatic carbocycles. The van der Waals surface area contributed by atoms with Crippen LogP contribution >= 0.6 is 0 Å². The first-order valence-corrected chi connectivity index (χ1v) is 8.39. The van der Waals surface area contributed by atoms with Gasteiger partial charge in [0.2, 0.25) is 0 Å². The Bertz CT molecular complexity index is 834. The standard InChI is InChI=1S/C19H20N6O/c1-14-5-6-17(23-10-14)21-8-3-9-22-19(26)16-12-24-18(25-13-16)15-4-2-7-20-11-15/h2,4-7,10-13H,3,8-9H2,1H3,(H,21,23)(H,22,26). The molecule has 0 aliphatic heterocycles. The smallest absolute Gasteiger partial charge is 0.254 e. The first kappa shape index (κ1) is 17.5. The molecule has 0 spiro atoms. The lowest BCUT2D eigenvalue weighted by molar-refractivity contribution is 0.0953. The SMILES string of the molecule is Cc1ccc(NCCCNC(=O)c2cnc(-c3cccnc3)nc2)nc1. The van der Waals surface area contributed by atoms with Crippen molar-refractivity contribution in [1.29, 1.82) is 0 Å². The van der Waals surface area contributed by atoms with Crippen LogP contribution in [0.2, 0.25) is 0 Å². The molecule has 7 nitrogen and oxygen atoms in total. The van der Waals surface area contributed by atoms with Crippen molar-refractivity contribution in [1.82, 2.24) is 25.3 Å². The van der Waals surface area contributed by atoms with Crippen molar-refractivity contribution in [3.8, 4) is 11.4 Å². The number of aryl methyl sites for hydroxylation is 1. The highest BCUT2D eigenvalue weighted by Gasteiger charge is 2.07. The lowest BCUT2D eigenvalue weighted by Gasteiger charge is -2.07. The Kier molecular flexibility index (Phi) is 5.82. The van der Waals surface area contributed by atoms with Crippen LogP contribution in [0.1, 0.15) is 22.3 Å². The highest BCUT2D eigenvalue weighted by molar-refractivity contribution is 5.93. The quantitative estimate of drug-likeness (QED) is 0.637. The average Bonchev–Trinajstić information content (AvgIpc) is 2.70. The highest BCUT2D eigenvalue weighted by Crippen LogP contribution is 2.11. The molecular formula is C19H20N6O. The van der Waals surface area contributed by atoms with Crippen LogP contribution in [-0.4, -0.2) is 38.9 Å². The zero-order valence-electron chi connectivity index (χ0n) is 14.5. The Hall–Kier alpha value is -3.35. The minimum atomic E-state index is -0.184. The van der Waals surface area contributed by atoms with Crippen LogP contribution in [0.3, 0.4) is 0 Å². The largest absolute Gasteiger partial charge is 0.370 e. The number of amides is 1. The molecule has 3 aromatic rings. The number of anilines is 1. The van der Waals surface area contributed by atoms with Gasteiger partial charge < -0.3 is 10.6 Å². The summed E-state index contributed by atoms with van der Waals surface area (Å²) in [5, 5.41) is 6.08. The molecule has 3 heterocycles. The van der Waals surface area contributed by atoms with Crippen LogP contribution in [0, 0.1) is 6.92 Å². The number of aromatic nitrogens is 4. The predicted octanol–water partition coefficient (Wildman–Crippen LogP) is 2.47. The molecule has 0 unspecified atom stereocenters. The Morgan fingerprint density at radius 2 is 1.85 bits per heavy atom. The van der Waals surface area contributed by atoms with Gasteiger partial charge in [-0.3, -0.25) is 9.78 Å². The highest BCUT2D eigenvalue weighted by atomic mass is 16.1. The van der Waals surface area contributed by atoms with Crippen molar-refractivity contribution in [3.63, 3.8) is 0 Å². The Morgan fingerprint density at radius 3 is 2.54 bits per heavy atom. The molecule has 7 heteroatoms. The van der Waals surface area contributed by atoms with E-state index in [9.17, 15) is 4.79 Å². The molecule has 0 saturated carbocycles. The predicted molar refractivity (Wildman–Crippen MR) is 99.7 cm³/mol. The van der Waals surface area contributed by atoms with Crippen LogP contribution < -0.4 is 10.6 Å². The molecule has 0 saturated heterocycles.